The van der Waals surface area contributed by atoms with E-state index in [1.807, 2.05) is 0 Å². The van der Waals surface area contributed by atoms with Crippen molar-refractivity contribution >= 4 is 49.4 Å². The maximum absolute atomic E-state index is 2.62. The third kappa shape index (κ3) is 4.55. The van der Waals surface area contributed by atoms with Gasteiger partial charge in [0.2, 0.25) is 0 Å². The van der Waals surface area contributed by atoms with Crippen molar-refractivity contribution in [3.8, 4) is 33.4 Å². The number of hydrogen-bond acceptors (Lipinski definition) is 1. The Bertz CT molecular complexity index is 3020. The molecule has 1 heteroatoms. The van der Waals surface area contributed by atoms with E-state index in [0.717, 1.165) is 5.69 Å². The number of benzene rings is 9. The van der Waals surface area contributed by atoms with Crippen LogP contribution in [0.2, 0.25) is 0 Å². The molecule has 0 spiro atoms. The molecule has 0 aliphatic heterocycles. The van der Waals surface area contributed by atoms with Gasteiger partial charge in [-0.1, -0.05) is 135 Å². The molecule has 12 rings (SSSR count). The second-order valence-electron chi connectivity index (χ2n) is 17.0. The van der Waals surface area contributed by atoms with Gasteiger partial charge in [0, 0.05) is 22.2 Å². The van der Waals surface area contributed by atoms with E-state index in [4.69, 9.17) is 0 Å². The predicted octanol–water partition coefficient (Wildman–Crippen LogP) is 14.7. The summed E-state index contributed by atoms with van der Waals surface area (Å²) in [6.45, 7) is 4.88. The molecule has 0 saturated carbocycles. The number of fused-ring (bicyclic) bond motifs is 6. The molecule has 9 aromatic carbocycles. The molecule has 0 fully saturated rings. The van der Waals surface area contributed by atoms with Crippen LogP contribution in [0.1, 0.15) is 60.1 Å². The smallest absolute Gasteiger partial charge is 0.0540 e. The van der Waals surface area contributed by atoms with Crippen molar-refractivity contribution in [2.75, 3.05) is 4.90 Å². The van der Waals surface area contributed by atoms with Crippen LogP contribution in [0.3, 0.4) is 0 Å². The first-order valence-electron chi connectivity index (χ1n) is 20.6. The van der Waals surface area contributed by atoms with Crippen LogP contribution in [0.4, 0.5) is 17.1 Å². The lowest BCUT2D eigenvalue weighted by Gasteiger charge is -2.31. The standard InChI is InChI=1S/C55H43N/c1-55(2)49-20-7-6-16-45(49)54-48(47-31-39-15-9-17-42(39)43-18-10-19-44(43)47)32-41(33-50(54)55)56(40-27-23-35(24-28-40)34-11-4-3-5-12-34)51-30-26-38-22-21-36-13-8-14-37-25-29-46(51)53(38)52(36)37/h3-8,11-14,16,20-33H,9-10,15,17-19H2,1-2H3. The molecule has 0 saturated heterocycles. The molecule has 0 amide bonds. The second kappa shape index (κ2) is 11.9. The molecule has 268 valence electrons. The summed E-state index contributed by atoms with van der Waals surface area (Å²) in [5.41, 5.74) is 21.0. The van der Waals surface area contributed by atoms with Crippen LogP contribution in [0.5, 0.6) is 0 Å². The highest BCUT2D eigenvalue weighted by Gasteiger charge is 2.39. The molecule has 0 aromatic heterocycles. The zero-order valence-electron chi connectivity index (χ0n) is 32.1. The van der Waals surface area contributed by atoms with E-state index in [9.17, 15) is 0 Å². The minimum Gasteiger partial charge on any atom is -0.310 e. The van der Waals surface area contributed by atoms with E-state index < -0.39 is 0 Å². The largest absolute Gasteiger partial charge is 0.310 e. The first kappa shape index (κ1) is 32.1. The van der Waals surface area contributed by atoms with Gasteiger partial charge in [0.05, 0.1) is 5.69 Å². The first-order chi connectivity index (χ1) is 27.5. The van der Waals surface area contributed by atoms with E-state index in [2.05, 4.69) is 170 Å². The predicted molar refractivity (Wildman–Crippen MR) is 237 cm³/mol. The van der Waals surface area contributed by atoms with Crippen molar-refractivity contribution in [3.05, 3.63) is 185 Å². The highest BCUT2D eigenvalue weighted by Crippen LogP contribution is 2.56. The second-order valence-corrected chi connectivity index (χ2v) is 17.0. The lowest BCUT2D eigenvalue weighted by molar-refractivity contribution is 0.660. The zero-order valence-corrected chi connectivity index (χ0v) is 32.1. The van der Waals surface area contributed by atoms with E-state index in [1.54, 1.807) is 22.3 Å². The SMILES string of the molecule is CC1(C)c2ccccc2-c2c(-c3cc4c(c5c3CCC5)CCC4)cc(N(c3ccc(-c4ccccc4)cc3)c3ccc4ccc5cccc6ccc3c4c56)cc21. The summed E-state index contributed by atoms with van der Waals surface area (Å²) in [4.78, 5) is 2.57. The van der Waals surface area contributed by atoms with Gasteiger partial charge in [-0.15, -0.1) is 0 Å². The molecule has 56 heavy (non-hydrogen) atoms. The number of nitrogens with zero attached hydrogens (tertiary/aromatic N) is 1. The molecule has 1 nitrogen and oxygen atoms in total. The average molecular weight is 718 g/mol. The molecule has 0 atom stereocenters. The van der Waals surface area contributed by atoms with E-state index in [1.165, 1.54) is 127 Å². The van der Waals surface area contributed by atoms with Crippen LogP contribution in [0, 0.1) is 0 Å². The van der Waals surface area contributed by atoms with E-state index >= 15 is 0 Å². The van der Waals surface area contributed by atoms with Crippen LogP contribution in [0.25, 0.3) is 65.7 Å². The minimum atomic E-state index is -0.151. The van der Waals surface area contributed by atoms with Crippen molar-refractivity contribution in [2.45, 2.75) is 57.8 Å². The summed E-state index contributed by atoms with van der Waals surface area (Å²) in [6, 6.07) is 57.6. The molecule has 0 N–H and O–H groups in total. The fourth-order valence-electron chi connectivity index (χ4n) is 11.1. The Balaban J connectivity index is 1.17. The maximum atomic E-state index is 2.62. The number of anilines is 3. The Morgan fingerprint density at radius 3 is 1.96 bits per heavy atom. The molecular weight excluding hydrogens is 675 g/mol. The monoisotopic (exact) mass is 717 g/mol. The van der Waals surface area contributed by atoms with Gasteiger partial charge in [-0.3, -0.25) is 0 Å². The van der Waals surface area contributed by atoms with Gasteiger partial charge in [-0.25, -0.2) is 0 Å². The Hall–Kier alpha value is -6.18. The molecule has 9 aromatic rings. The zero-order chi connectivity index (χ0) is 37.1. The fraction of sp³-hybridized carbons (Fsp3) is 0.164. The summed E-state index contributed by atoms with van der Waals surface area (Å²) in [7, 11) is 0. The van der Waals surface area contributed by atoms with Crippen molar-refractivity contribution in [1.29, 1.82) is 0 Å². The van der Waals surface area contributed by atoms with Crippen molar-refractivity contribution in [1.82, 2.24) is 0 Å². The van der Waals surface area contributed by atoms with Gasteiger partial charge in [-0.2, -0.15) is 0 Å². The highest BCUT2D eigenvalue weighted by atomic mass is 15.1. The van der Waals surface area contributed by atoms with E-state index in [0.29, 0.717) is 0 Å². The molecule has 0 heterocycles. The van der Waals surface area contributed by atoms with Gasteiger partial charge >= 0.3 is 0 Å². The van der Waals surface area contributed by atoms with Crippen LogP contribution in [0.15, 0.2) is 152 Å². The Morgan fingerprint density at radius 1 is 0.446 bits per heavy atom. The van der Waals surface area contributed by atoms with Crippen LogP contribution in [-0.4, -0.2) is 0 Å². The first-order valence-corrected chi connectivity index (χ1v) is 20.6. The van der Waals surface area contributed by atoms with Crippen molar-refractivity contribution < 1.29 is 0 Å². The van der Waals surface area contributed by atoms with Gasteiger partial charge in [0.25, 0.3) is 0 Å². The summed E-state index contributed by atoms with van der Waals surface area (Å²) >= 11 is 0. The van der Waals surface area contributed by atoms with Gasteiger partial charge in [-0.05, 0) is 163 Å². The normalized spacial score (nSPS) is 15.0. The Labute approximate surface area is 329 Å². The quantitative estimate of drug-likeness (QED) is 0.160. The third-order valence-electron chi connectivity index (χ3n) is 13.7. The van der Waals surface area contributed by atoms with E-state index in [-0.39, 0.29) is 5.41 Å². The molecule has 0 unspecified atom stereocenters. The summed E-state index contributed by atoms with van der Waals surface area (Å²) in [6.07, 6.45) is 7.36. The minimum absolute atomic E-state index is 0.151. The molecule has 3 aliphatic carbocycles. The molecule has 0 radical (unpaired) electrons. The van der Waals surface area contributed by atoms with Crippen molar-refractivity contribution in [3.63, 3.8) is 0 Å². The average Bonchev–Trinajstić information content (AvgIpc) is 3.98. The van der Waals surface area contributed by atoms with Crippen LogP contribution < -0.4 is 4.90 Å². The Morgan fingerprint density at radius 2 is 1.12 bits per heavy atom. The summed E-state index contributed by atoms with van der Waals surface area (Å²) in [5, 5.41) is 7.84. The maximum Gasteiger partial charge on any atom is 0.0540 e. The Kier molecular flexibility index (Phi) is 6.83. The third-order valence-corrected chi connectivity index (χ3v) is 13.7. The number of hydrogen-bond donors (Lipinski definition) is 0. The van der Waals surface area contributed by atoms with Crippen molar-refractivity contribution in [2.24, 2.45) is 0 Å². The van der Waals surface area contributed by atoms with Crippen LogP contribution in [-0.2, 0) is 31.1 Å². The highest BCUT2D eigenvalue weighted by molar-refractivity contribution is 6.25. The molecule has 0 bridgehead atoms. The number of aryl methyl sites for hydroxylation is 1. The fourth-order valence-corrected chi connectivity index (χ4v) is 11.1. The van der Waals surface area contributed by atoms with Gasteiger partial charge in [0.15, 0.2) is 0 Å². The number of rotatable bonds is 5. The summed E-state index contributed by atoms with van der Waals surface area (Å²) < 4.78 is 0. The van der Waals surface area contributed by atoms with Crippen LogP contribution >= 0.6 is 0 Å². The summed E-state index contributed by atoms with van der Waals surface area (Å²) in [5.74, 6) is 0. The lowest BCUT2D eigenvalue weighted by Crippen LogP contribution is -2.17. The topological polar surface area (TPSA) is 3.24 Å². The molecular formula is C55H43N. The van der Waals surface area contributed by atoms with Gasteiger partial charge in [0.1, 0.15) is 0 Å². The van der Waals surface area contributed by atoms with Gasteiger partial charge < -0.3 is 4.90 Å². The lowest BCUT2D eigenvalue weighted by atomic mass is 9.81. The molecule has 3 aliphatic rings.